The fraction of sp³-hybridized carbons (Fsp3) is 0. The minimum atomic E-state index is 0.0779. The topological polar surface area (TPSA) is 58.9 Å². The first kappa shape index (κ1) is 21.2. The maximum Gasteiger partial charge on any atom is 0.127 e. The summed E-state index contributed by atoms with van der Waals surface area (Å²) in [6, 6.07) is 36.9. The van der Waals surface area contributed by atoms with Gasteiger partial charge in [0.2, 0.25) is 0 Å². The van der Waals surface area contributed by atoms with Crippen LogP contribution in [-0.2, 0) is 0 Å². The lowest BCUT2D eigenvalue weighted by molar-refractivity contribution is 0.463. The quantitative estimate of drug-likeness (QED) is 0.259. The first-order valence-corrected chi connectivity index (χ1v) is 10.9. The lowest BCUT2D eigenvalue weighted by atomic mass is 9.98. The van der Waals surface area contributed by atoms with Gasteiger partial charge in [-0.15, -0.1) is 0 Å². The second kappa shape index (κ2) is 9.43. The van der Waals surface area contributed by atoms with Crippen molar-refractivity contribution in [3.05, 3.63) is 121 Å². The molecule has 0 aromatic heterocycles. The number of ether oxygens (including phenoxy) is 2. The van der Waals surface area contributed by atoms with Gasteiger partial charge in [0.05, 0.1) is 0 Å². The highest BCUT2D eigenvalue weighted by Gasteiger charge is 2.13. The van der Waals surface area contributed by atoms with E-state index in [1.807, 2.05) is 109 Å². The van der Waals surface area contributed by atoms with Crippen LogP contribution in [0.1, 0.15) is 0 Å². The molecule has 2 N–H and O–H groups in total. The molecule has 0 heterocycles. The number of para-hydroxylation sites is 2. The van der Waals surface area contributed by atoms with Crippen LogP contribution in [0.25, 0.3) is 22.3 Å². The van der Waals surface area contributed by atoms with Crippen molar-refractivity contribution in [1.82, 2.24) is 0 Å². The molecule has 0 aliphatic heterocycles. The van der Waals surface area contributed by atoms with E-state index in [-0.39, 0.29) is 11.5 Å². The summed E-state index contributed by atoms with van der Waals surface area (Å²) in [5.41, 5.74) is 2.62. The van der Waals surface area contributed by atoms with Gasteiger partial charge in [-0.1, -0.05) is 60.7 Å². The highest BCUT2D eigenvalue weighted by atomic mass is 16.5. The van der Waals surface area contributed by atoms with E-state index >= 15 is 0 Å². The fourth-order valence-electron chi connectivity index (χ4n) is 3.69. The lowest BCUT2D eigenvalue weighted by Gasteiger charge is -2.12. The van der Waals surface area contributed by atoms with Crippen molar-refractivity contribution in [1.29, 1.82) is 0 Å². The zero-order valence-corrected chi connectivity index (χ0v) is 18.3. The normalized spacial score (nSPS) is 10.6. The number of aromatic hydroxyl groups is 2. The third-order valence-electron chi connectivity index (χ3n) is 5.40. The molecule has 5 rings (SSSR count). The molecule has 4 nitrogen and oxygen atoms in total. The van der Waals surface area contributed by atoms with Crippen LogP contribution in [0.4, 0.5) is 0 Å². The summed E-state index contributed by atoms with van der Waals surface area (Å²) < 4.78 is 11.7. The van der Waals surface area contributed by atoms with Gasteiger partial charge in [-0.25, -0.2) is 0 Å². The Labute approximate surface area is 197 Å². The van der Waals surface area contributed by atoms with E-state index in [1.54, 1.807) is 12.1 Å². The van der Waals surface area contributed by atoms with E-state index in [2.05, 4.69) is 0 Å². The first-order valence-electron chi connectivity index (χ1n) is 10.9. The number of hydrogen-bond donors (Lipinski definition) is 2. The molecule has 5 aromatic carbocycles. The SMILES string of the molecule is Oc1cc(-c2ccc(Oc3ccccc3)cc2)c(O)cc1-c1ccc(Oc2ccccc2)cc1. The van der Waals surface area contributed by atoms with Gasteiger partial charge in [-0.2, -0.15) is 0 Å². The monoisotopic (exact) mass is 446 g/mol. The van der Waals surface area contributed by atoms with Crippen molar-refractivity contribution in [3.8, 4) is 56.8 Å². The molecule has 0 saturated heterocycles. The second-order valence-corrected chi connectivity index (χ2v) is 7.77. The fourth-order valence-corrected chi connectivity index (χ4v) is 3.69. The largest absolute Gasteiger partial charge is 0.507 e. The van der Waals surface area contributed by atoms with Gasteiger partial charge in [0.15, 0.2) is 0 Å². The van der Waals surface area contributed by atoms with Gasteiger partial charge < -0.3 is 19.7 Å². The average Bonchev–Trinajstić information content (AvgIpc) is 2.88. The number of benzene rings is 5. The van der Waals surface area contributed by atoms with Crippen molar-refractivity contribution >= 4 is 0 Å². The lowest BCUT2D eigenvalue weighted by Crippen LogP contribution is -1.87. The maximum absolute atomic E-state index is 10.7. The summed E-state index contributed by atoms with van der Waals surface area (Å²) in [7, 11) is 0. The van der Waals surface area contributed by atoms with E-state index in [1.165, 1.54) is 0 Å². The van der Waals surface area contributed by atoms with Gasteiger partial charge >= 0.3 is 0 Å². The predicted molar refractivity (Wildman–Crippen MR) is 134 cm³/mol. The van der Waals surface area contributed by atoms with Gasteiger partial charge in [-0.3, -0.25) is 0 Å². The van der Waals surface area contributed by atoms with Gasteiger partial charge in [0, 0.05) is 11.1 Å². The summed E-state index contributed by atoms with van der Waals surface area (Å²) in [5, 5.41) is 21.4. The van der Waals surface area contributed by atoms with Crippen molar-refractivity contribution in [2.75, 3.05) is 0 Å². The molecule has 0 bridgehead atoms. The van der Waals surface area contributed by atoms with Crippen LogP contribution in [0.15, 0.2) is 121 Å². The third-order valence-corrected chi connectivity index (χ3v) is 5.40. The Hall–Kier alpha value is -4.70. The summed E-state index contributed by atoms with van der Waals surface area (Å²) in [4.78, 5) is 0. The van der Waals surface area contributed by atoms with Crippen LogP contribution in [0.2, 0.25) is 0 Å². The molecular formula is C30H22O4. The van der Waals surface area contributed by atoms with Crippen molar-refractivity contribution in [3.63, 3.8) is 0 Å². The summed E-state index contributed by atoms with van der Waals surface area (Å²) in [5.74, 6) is 3.03. The smallest absolute Gasteiger partial charge is 0.127 e. The van der Waals surface area contributed by atoms with Crippen LogP contribution in [0, 0.1) is 0 Å². The Kier molecular flexibility index (Phi) is 5.87. The van der Waals surface area contributed by atoms with Crippen LogP contribution < -0.4 is 9.47 Å². The van der Waals surface area contributed by atoms with Crippen LogP contribution in [0.5, 0.6) is 34.5 Å². The Bertz CT molecular complexity index is 1270. The molecule has 166 valence electrons. The minimum absolute atomic E-state index is 0.0779. The molecule has 0 unspecified atom stereocenters. The minimum Gasteiger partial charge on any atom is -0.507 e. The molecular weight excluding hydrogens is 424 g/mol. The number of rotatable bonds is 6. The van der Waals surface area contributed by atoms with E-state index in [0.29, 0.717) is 22.6 Å². The molecule has 34 heavy (non-hydrogen) atoms. The van der Waals surface area contributed by atoms with E-state index in [0.717, 1.165) is 22.6 Å². The molecule has 4 heteroatoms. The highest BCUT2D eigenvalue weighted by molar-refractivity contribution is 5.81. The standard InChI is InChI=1S/C30H22O4/c31-29-20-28(22-13-17-26(18-14-22)34-24-9-5-2-6-10-24)30(32)19-27(29)21-11-15-25(16-12-21)33-23-7-3-1-4-8-23/h1-20,31-32H. The Morgan fingerprint density at radius 1 is 0.382 bits per heavy atom. The summed E-state index contributed by atoms with van der Waals surface area (Å²) in [6.45, 7) is 0. The van der Waals surface area contributed by atoms with Gasteiger partial charge in [0.1, 0.15) is 34.5 Å². The summed E-state index contributed by atoms with van der Waals surface area (Å²) in [6.07, 6.45) is 0. The van der Waals surface area contributed by atoms with Crippen LogP contribution >= 0.6 is 0 Å². The number of phenols is 2. The second-order valence-electron chi connectivity index (χ2n) is 7.77. The Morgan fingerprint density at radius 3 is 1.06 bits per heavy atom. The molecule has 0 radical (unpaired) electrons. The Balaban J connectivity index is 1.35. The van der Waals surface area contributed by atoms with Crippen LogP contribution in [0.3, 0.4) is 0 Å². The third kappa shape index (κ3) is 4.71. The average molecular weight is 447 g/mol. The molecule has 0 aliphatic carbocycles. The predicted octanol–water partition coefficient (Wildman–Crippen LogP) is 8.02. The molecule has 0 atom stereocenters. The highest BCUT2D eigenvalue weighted by Crippen LogP contribution is 2.40. The molecule has 0 aliphatic rings. The zero-order valence-electron chi connectivity index (χ0n) is 18.3. The zero-order chi connectivity index (χ0) is 23.3. The maximum atomic E-state index is 10.7. The van der Waals surface area contributed by atoms with Crippen molar-refractivity contribution in [2.45, 2.75) is 0 Å². The van der Waals surface area contributed by atoms with Crippen molar-refractivity contribution < 1.29 is 19.7 Å². The van der Waals surface area contributed by atoms with Crippen LogP contribution in [-0.4, -0.2) is 10.2 Å². The van der Waals surface area contributed by atoms with Gasteiger partial charge in [-0.05, 0) is 71.8 Å². The molecule has 0 fully saturated rings. The van der Waals surface area contributed by atoms with E-state index in [9.17, 15) is 10.2 Å². The Morgan fingerprint density at radius 2 is 0.706 bits per heavy atom. The first-order chi connectivity index (χ1) is 16.7. The molecule has 0 spiro atoms. The molecule has 0 amide bonds. The molecule has 0 saturated carbocycles. The number of phenolic OH excluding ortho intramolecular Hbond substituents is 2. The van der Waals surface area contributed by atoms with Crippen molar-refractivity contribution in [2.24, 2.45) is 0 Å². The summed E-state index contributed by atoms with van der Waals surface area (Å²) >= 11 is 0. The van der Waals surface area contributed by atoms with Gasteiger partial charge in [0.25, 0.3) is 0 Å². The van der Waals surface area contributed by atoms with E-state index < -0.39 is 0 Å². The number of hydrogen-bond acceptors (Lipinski definition) is 4. The van der Waals surface area contributed by atoms with E-state index in [4.69, 9.17) is 9.47 Å². The molecule has 5 aromatic rings.